The van der Waals surface area contributed by atoms with Crippen LogP contribution in [0.25, 0.3) is 0 Å². The summed E-state index contributed by atoms with van der Waals surface area (Å²) in [5.41, 5.74) is 10.5. The van der Waals surface area contributed by atoms with Crippen LogP contribution in [0, 0.1) is 0 Å². The van der Waals surface area contributed by atoms with Crippen LogP contribution < -0.4 is 10.5 Å². The Morgan fingerprint density at radius 3 is 2.76 bits per heavy atom. The second kappa shape index (κ2) is 6.54. The first-order chi connectivity index (χ1) is 10.3. The van der Waals surface area contributed by atoms with Crippen molar-refractivity contribution in [3.8, 4) is 5.75 Å². The first-order valence-electron chi connectivity index (χ1n) is 7.36. The number of rotatable bonds is 4. The van der Waals surface area contributed by atoms with E-state index in [1.165, 1.54) is 16.7 Å². The van der Waals surface area contributed by atoms with Crippen LogP contribution in [-0.2, 0) is 12.2 Å². The van der Waals surface area contributed by atoms with E-state index in [0.717, 1.165) is 24.3 Å². The molecule has 3 rings (SSSR count). The van der Waals surface area contributed by atoms with E-state index in [1.807, 2.05) is 17.8 Å². The summed E-state index contributed by atoms with van der Waals surface area (Å²) in [5, 5.41) is 0.477. The minimum atomic E-state index is 0.0950. The van der Waals surface area contributed by atoms with Gasteiger partial charge in [-0.2, -0.15) is 11.8 Å². The number of methoxy groups -OCH3 is 1. The third-order valence-corrected chi connectivity index (χ3v) is 5.57. The van der Waals surface area contributed by atoms with E-state index >= 15 is 0 Å². The number of fused-ring (bicyclic) bond motifs is 1. The van der Waals surface area contributed by atoms with E-state index in [2.05, 4.69) is 42.5 Å². The molecule has 2 N–H and O–H groups in total. The molecule has 2 aromatic rings. The van der Waals surface area contributed by atoms with Crippen LogP contribution in [0.1, 0.15) is 29.2 Å². The molecule has 0 amide bonds. The van der Waals surface area contributed by atoms with Crippen molar-refractivity contribution < 1.29 is 4.74 Å². The lowest BCUT2D eigenvalue weighted by molar-refractivity contribution is 0.412. The summed E-state index contributed by atoms with van der Waals surface area (Å²) in [4.78, 5) is 0. The van der Waals surface area contributed by atoms with Gasteiger partial charge in [0.1, 0.15) is 5.75 Å². The summed E-state index contributed by atoms with van der Waals surface area (Å²) >= 11 is 1.97. The molecule has 0 spiro atoms. The van der Waals surface area contributed by atoms with E-state index in [9.17, 15) is 0 Å². The zero-order valence-electron chi connectivity index (χ0n) is 12.3. The number of aryl methyl sites for hydroxylation is 1. The van der Waals surface area contributed by atoms with Crippen molar-refractivity contribution in [2.75, 3.05) is 7.11 Å². The van der Waals surface area contributed by atoms with Gasteiger partial charge in [0.15, 0.2) is 0 Å². The molecular weight excluding hydrogens is 278 g/mol. The molecule has 0 bridgehead atoms. The fraction of sp³-hybridized carbons (Fsp3) is 0.333. The Hall–Kier alpha value is -1.45. The highest BCUT2D eigenvalue weighted by Gasteiger charge is 2.27. The zero-order valence-corrected chi connectivity index (χ0v) is 13.1. The quantitative estimate of drug-likeness (QED) is 0.928. The maximum Gasteiger partial charge on any atom is 0.119 e. The number of hydrogen-bond donors (Lipinski definition) is 1. The second-order valence-corrected chi connectivity index (χ2v) is 6.69. The van der Waals surface area contributed by atoms with Gasteiger partial charge in [-0.15, -0.1) is 0 Å². The highest BCUT2D eigenvalue weighted by Crippen LogP contribution is 2.38. The maximum atomic E-state index is 6.50. The molecule has 0 saturated heterocycles. The zero-order chi connectivity index (χ0) is 14.7. The first kappa shape index (κ1) is 14.5. The summed E-state index contributed by atoms with van der Waals surface area (Å²) in [6, 6.07) is 17.0. The van der Waals surface area contributed by atoms with Crippen LogP contribution in [0.4, 0.5) is 0 Å². The molecule has 2 aromatic carbocycles. The van der Waals surface area contributed by atoms with Crippen molar-refractivity contribution in [3.05, 3.63) is 65.2 Å². The fourth-order valence-electron chi connectivity index (χ4n) is 2.88. The van der Waals surface area contributed by atoms with Gasteiger partial charge in [0.05, 0.1) is 7.11 Å². The van der Waals surface area contributed by atoms with E-state index in [1.54, 1.807) is 7.11 Å². The molecule has 21 heavy (non-hydrogen) atoms. The molecule has 0 aliphatic heterocycles. The number of benzene rings is 2. The van der Waals surface area contributed by atoms with E-state index < -0.39 is 0 Å². The fourth-order valence-corrected chi connectivity index (χ4v) is 4.12. The Morgan fingerprint density at radius 1 is 1.19 bits per heavy atom. The van der Waals surface area contributed by atoms with Crippen molar-refractivity contribution in [1.29, 1.82) is 0 Å². The number of ether oxygens (including phenoxy) is 1. The Labute approximate surface area is 130 Å². The van der Waals surface area contributed by atoms with Gasteiger partial charge < -0.3 is 10.5 Å². The lowest BCUT2D eigenvalue weighted by atomic mass is 9.87. The van der Waals surface area contributed by atoms with E-state index in [0.29, 0.717) is 5.25 Å². The van der Waals surface area contributed by atoms with E-state index in [-0.39, 0.29) is 6.04 Å². The summed E-state index contributed by atoms with van der Waals surface area (Å²) in [6.07, 6.45) is 2.26. The first-order valence-corrected chi connectivity index (χ1v) is 8.40. The summed E-state index contributed by atoms with van der Waals surface area (Å²) in [6.45, 7) is 0. The molecule has 110 valence electrons. The lowest BCUT2D eigenvalue weighted by Crippen LogP contribution is -2.29. The predicted molar refractivity (Wildman–Crippen MR) is 89.8 cm³/mol. The van der Waals surface area contributed by atoms with Gasteiger partial charge >= 0.3 is 0 Å². The maximum absolute atomic E-state index is 6.50. The molecule has 0 aromatic heterocycles. The summed E-state index contributed by atoms with van der Waals surface area (Å²) < 4.78 is 5.33. The number of hydrogen-bond acceptors (Lipinski definition) is 3. The van der Waals surface area contributed by atoms with Crippen molar-refractivity contribution in [3.63, 3.8) is 0 Å². The molecule has 3 heteroatoms. The Morgan fingerprint density at radius 2 is 2.00 bits per heavy atom. The van der Waals surface area contributed by atoms with Gasteiger partial charge in [-0.3, -0.25) is 0 Å². The normalized spacial score (nSPS) is 20.9. The Kier molecular flexibility index (Phi) is 4.51. The average Bonchev–Trinajstić information content (AvgIpc) is 2.55. The molecule has 0 saturated carbocycles. The minimum absolute atomic E-state index is 0.0950. The van der Waals surface area contributed by atoms with Crippen molar-refractivity contribution in [2.24, 2.45) is 5.73 Å². The smallest absolute Gasteiger partial charge is 0.119 e. The molecule has 0 fully saturated rings. The molecule has 2 atom stereocenters. The average molecular weight is 299 g/mol. The molecule has 2 unspecified atom stereocenters. The SMILES string of the molecule is COc1ccc2c(c1)C(N)C(SCc1ccccc1)CC2. The molecular formula is C18H21NOS. The van der Waals surface area contributed by atoms with Gasteiger partial charge in [-0.1, -0.05) is 36.4 Å². The van der Waals surface area contributed by atoms with Gasteiger partial charge in [0.2, 0.25) is 0 Å². The van der Waals surface area contributed by atoms with Crippen molar-refractivity contribution >= 4 is 11.8 Å². The molecule has 0 radical (unpaired) electrons. The third kappa shape index (κ3) is 3.25. The summed E-state index contributed by atoms with van der Waals surface area (Å²) in [7, 11) is 1.71. The van der Waals surface area contributed by atoms with Crippen LogP contribution >= 0.6 is 11.8 Å². The van der Waals surface area contributed by atoms with Crippen molar-refractivity contribution in [1.82, 2.24) is 0 Å². The van der Waals surface area contributed by atoms with Crippen LogP contribution in [0.3, 0.4) is 0 Å². The molecule has 0 heterocycles. The highest BCUT2D eigenvalue weighted by molar-refractivity contribution is 7.99. The van der Waals surface area contributed by atoms with Crippen LogP contribution in [-0.4, -0.2) is 12.4 Å². The van der Waals surface area contributed by atoms with Crippen LogP contribution in [0.2, 0.25) is 0 Å². The highest BCUT2D eigenvalue weighted by atomic mass is 32.2. The Balaban J connectivity index is 1.71. The molecule has 1 aliphatic rings. The van der Waals surface area contributed by atoms with Crippen LogP contribution in [0.15, 0.2) is 48.5 Å². The van der Waals surface area contributed by atoms with E-state index in [4.69, 9.17) is 10.5 Å². The van der Waals surface area contributed by atoms with Crippen LogP contribution in [0.5, 0.6) is 5.75 Å². The van der Waals surface area contributed by atoms with Gasteiger partial charge in [-0.25, -0.2) is 0 Å². The monoisotopic (exact) mass is 299 g/mol. The van der Waals surface area contributed by atoms with Gasteiger partial charge in [0, 0.05) is 17.0 Å². The van der Waals surface area contributed by atoms with Crippen molar-refractivity contribution in [2.45, 2.75) is 29.9 Å². The summed E-state index contributed by atoms with van der Waals surface area (Å²) in [5.74, 6) is 1.93. The standard InChI is InChI=1S/C18H21NOS/c1-20-15-9-7-14-8-10-17(18(19)16(14)11-15)21-12-13-5-3-2-4-6-13/h2-7,9,11,17-18H,8,10,12,19H2,1H3. The molecule has 2 nitrogen and oxygen atoms in total. The topological polar surface area (TPSA) is 35.2 Å². The number of nitrogens with two attached hydrogens (primary N) is 1. The third-order valence-electron chi connectivity index (χ3n) is 4.12. The lowest BCUT2D eigenvalue weighted by Gasteiger charge is -2.31. The second-order valence-electron chi connectivity index (χ2n) is 5.46. The number of thioether (sulfide) groups is 1. The van der Waals surface area contributed by atoms with Gasteiger partial charge in [-0.05, 0) is 41.7 Å². The van der Waals surface area contributed by atoms with Gasteiger partial charge in [0.25, 0.3) is 0 Å². The molecule has 1 aliphatic carbocycles. The Bertz CT molecular complexity index is 599. The predicted octanol–water partition coefficient (Wildman–Crippen LogP) is 3.94. The minimum Gasteiger partial charge on any atom is -0.497 e. The largest absolute Gasteiger partial charge is 0.497 e.